The van der Waals surface area contributed by atoms with Crippen molar-refractivity contribution in [2.45, 2.75) is 56.4 Å². The molecule has 0 saturated carbocycles. The van der Waals surface area contributed by atoms with E-state index in [4.69, 9.17) is 9.47 Å². The third-order valence-electron chi connectivity index (χ3n) is 6.70. The molecule has 3 amide bonds. The third-order valence-corrected chi connectivity index (χ3v) is 8.23. The highest BCUT2D eigenvalue weighted by atomic mass is 32.2. The second-order valence-corrected chi connectivity index (χ2v) is 11.6. The van der Waals surface area contributed by atoms with Crippen LogP contribution in [-0.2, 0) is 16.1 Å². The van der Waals surface area contributed by atoms with Gasteiger partial charge in [-0.25, -0.2) is 0 Å². The fourth-order valence-electron chi connectivity index (χ4n) is 4.92. The molecule has 9 heteroatoms. The first-order chi connectivity index (χ1) is 16.7. The van der Waals surface area contributed by atoms with Gasteiger partial charge < -0.3 is 25.0 Å². The number of rotatable bonds is 6. The van der Waals surface area contributed by atoms with E-state index in [9.17, 15) is 14.4 Å². The molecular weight excluding hydrogens is 466 g/mol. The number of thioether (sulfide) groups is 1. The van der Waals surface area contributed by atoms with Gasteiger partial charge in [-0.1, -0.05) is 38.1 Å². The van der Waals surface area contributed by atoms with E-state index in [2.05, 4.69) is 10.6 Å². The number of nitrogens with one attached hydrogen (secondary N) is 2. The number of hydrogen-bond donors (Lipinski definition) is 2. The molecule has 0 radical (unpaired) electrons. The van der Waals surface area contributed by atoms with Crippen molar-refractivity contribution in [3.63, 3.8) is 0 Å². The van der Waals surface area contributed by atoms with Crippen LogP contribution in [0, 0.1) is 5.92 Å². The molecule has 5 rings (SSSR count). The smallest absolute Gasteiger partial charge is 0.256 e. The van der Waals surface area contributed by atoms with Crippen LogP contribution in [0.1, 0.15) is 54.6 Å². The summed E-state index contributed by atoms with van der Waals surface area (Å²) in [5.41, 5.74) is 2.45. The molecule has 184 valence electrons. The van der Waals surface area contributed by atoms with E-state index < -0.39 is 16.8 Å². The summed E-state index contributed by atoms with van der Waals surface area (Å²) in [6.07, 6.45) is 0. The highest BCUT2D eigenvalue weighted by Gasteiger charge is 2.57. The summed E-state index contributed by atoms with van der Waals surface area (Å²) in [7, 11) is 0. The number of amides is 3. The summed E-state index contributed by atoms with van der Waals surface area (Å²) in [6.45, 7) is 8.20. The summed E-state index contributed by atoms with van der Waals surface area (Å²) in [5, 5.41) is 5.66. The van der Waals surface area contributed by atoms with E-state index in [-0.39, 0.29) is 35.8 Å². The van der Waals surface area contributed by atoms with E-state index in [1.807, 2.05) is 64.1 Å². The van der Waals surface area contributed by atoms with Crippen molar-refractivity contribution in [2.75, 3.05) is 6.79 Å². The van der Waals surface area contributed by atoms with Crippen LogP contribution in [0.15, 0.2) is 42.5 Å². The molecule has 0 spiro atoms. The topological polar surface area (TPSA) is 97.0 Å². The molecule has 1 saturated heterocycles. The van der Waals surface area contributed by atoms with Gasteiger partial charge in [0.2, 0.25) is 18.6 Å². The molecule has 2 aromatic rings. The van der Waals surface area contributed by atoms with Gasteiger partial charge in [-0.05, 0) is 49.1 Å². The summed E-state index contributed by atoms with van der Waals surface area (Å²) in [5.74, 6) is 0.455. The third kappa shape index (κ3) is 4.11. The lowest BCUT2D eigenvalue weighted by Gasteiger charge is -2.32. The first-order valence-electron chi connectivity index (χ1n) is 11.7. The van der Waals surface area contributed by atoms with Gasteiger partial charge in [0.05, 0.1) is 0 Å². The van der Waals surface area contributed by atoms with Gasteiger partial charge in [0.25, 0.3) is 5.91 Å². The Balaban J connectivity index is 1.29. The molecule has 0 bridgehead atoms. The average Bonchev–Trinajstić information content (AvgIpc) is 3.47. The number of carbonyl (C=O) groups is 3. The molecular formula is C26H29N3O5S. The van der Waals surface area contributed by atoms with Crippen molar-refractivity contribution in [1.82, 2.24) is 15.5 Å². The Labute approximate surface area is 208 Å². The molecule has 0 aromatic heterocycles. The Morgan fingerprint density at radius 3 is 2.66 bits per heavy atom. The molecule has 0 aliphatic carbocycles. The lowest BCUT2D eigenvalue weighted by molar-refractivity contribution is -0.132. The van der Waals surface area contributed by atoms with Crippen molar-refractivity contribution in [3.05, 3.63) is 59.2 Å². The second-order valence-electron chi connectivity index (χ2n) is 9.91. The number of carbonyl (C=O) groups excluding carboxylic acids is 3. The zero-order valence-electron chi connectivity index (χ0n) is 20.2. The minimum absolute atomic E-state index is 0.141. The Kier molecular flexibility index (Phi) is 5.91. The first kappa shape index (κ1) is 23.5. The number of fused-ring (bicyclic) bond motifs is 4. The van der Waals surface area contributed by atoms with Crippen molar-refractivity contribution >= 4 is 29.5 Å². The predicted octanol–water partition coefficient (Wildman–Crippen LogP) is 3.22. The highest BCUT2D eigenvalue weighted by Crippen LogP contribution is 2.56. The minimum atomic E-state index is -0.739. The van der Waals surface area contributed by atoms with Gasteiger partial charge >= 0.3 is 0 Å². The average molecular weight is 496 g/mol. The monoisotopic (exact) mass is 495 g/mol. The van der Waals surface area contributed by atoms with Gasteiger partial charge in [-0.2, -0.15) is 0 Å². The molecule has 3 atom stereocenters. The van der Waals surface area contributed by atoms with E-state index in [0.717, 1.165) is 11.1 Å². The van der Waals surface area contributed by atoms with Gasteiger partial charge in [0, 0.05) is 16.9 Å². The van der Waals surface area contributed by atoms with Crippen LogP contribution in [0.25, 0.3) is 0 Å². The molecule has 2 aromatic carbocycles. The maximum atomic E-state index is 13.6. The molecule has 3 aliphatic heterocycles. The number of benzene rings is 2. The van der Waals surface area contributed by atoms with Crippen LogP contribution in [0.4, 0.5) is 0 Å². The number of hydrogen-bond acceptors (Lipinski definition) is 6. The van der Waals surface area contributed by atoms with E-state index in [1.165, 1.54) is 0 Å². The van der Waals surface area contributed by atoms with Crippen molar-refractivity contribution in [3.8, 4) is 11.5 Å². The van der Waals surface area contributed by atoms with Gasteiger partial charge in [0.1, 0.15) is 17.5 Å². The normalized spacial score (nSPS) is 22.1. The Morgan fingerprint density at radius 1 is 1.14 bits per heavy atom. The van der Waals surface area contributed by atoms with Crippen LogP contribution in [0.2, 0.25) is 0 Å². The molecule has 3 aliphatic rings. The van der Waals surface area contributed by atoms with Crippen molar-refractivity contribution < 1.29 is 23.9 Å². The predicted molar refractivity (Wildman–Crippen MR) is 132 cm³/mol. The van der Waals surface area contributed by atoms with Gasteiger partial charge in [-0.3, -0.25) is 14.4 Å². The zero-order chi connectivity index (χ0) is 24.9. The van der Waals surface area contributed by atoms with Crippen LogP contribution in [0.5, 0.6) is 11.5 Å². The summed E-state index contributed by atoms with van der Waals surface area (Å²) in [6, 6.07) is 11.6. The second kappa shape index (κ2) is 8.78. The van der Waals surface area contributed by atoms with E-state index >= 15 is 0 Å². The fourth-order valence-corrected chi connectivity index (χ4v) is 6.51. The molecule has 8 nitrogen and oxygen atoms in total. The SMILES string of the molecule is CC(C)C(NC(=O)C1N2C(=O)c3ccccc3C2SC1(C)C)C(=O)NCc1ccc2c(c1)OCO2. The van der Waals surface area contributed by atoms with Crippen molar-refractivity contribution in [2.24, 2.45) is 5.92 Å². The Morgan fingerprint density at radius 2 is 1.89 bits per heavy atom. The van der Waals surface area contributed by atoms with Crippen molar-refractivity contribution in [1.29, 1.82) is 0 Å². The lowest BCUT2D eigenvalue weighted by atomic mass is 9.98. The fraction of sp³-hybridized carbons (Fsp3) is 0.423. The van der Waals surface area contributed by atoms with Crippen LogP contribution in [-0.4, -0.2) is 46.2 Å². The van der Waals surface area contributed by atoms with Crippen LogP contribution >= 0.6 is 11.8 Å². The summed E-state index contributed by atoms with van der Waals surface area (Å²) in [4.78, 5) is 41.6. The zero-order valence-corrected chi connectivity index (χ0v) is 21.0. The molecule has 3 heterocycles. The van der Waals surface area contributed by atoms with Crippen LogP contribution < -0.4 is 20.1 Å². The molecule has 35 heavy (non-hydrogen) atoms. The van der Waals surface area contributed by atoms with E-state index in [0.29, 0.717) is 23.6 Å². The summed E-state index contributed by atoms with van der Waals surface area (Å²) >= 11 is 1.60. The Hall–Kier alpha value is -3.20. The number of ether oxygens (including phenoxy) is 2. The minimum Gasteiger partial charge on any atom is -0.454 e. The number of nitrogens with zero attached hydrogens (tertiary/aromatic N) is 1. The quantitative estimate of drug-likeness (QED) is 0.639. The maximum Gasteiger partial charge on any atom is 0.256 e. The molecule has 3 unspecified atom stereocenters. The molecule has 1 fully saturated rings. The first-order valence-corrected chi connectivity index (χ1v) is 12.6. The van der Waals surface area contributed by atoms with E-state index in [1.54, 1.807) is 22.7 Å². The molecule has 2 N–H and O–H groups in total. The standard InChI is InChI=1S/C26H29N3O5S/c1-14(2)20(22(30)27-12-15-9-10-18-19(11-15)34-13-33-18)28-23(31)21-26(3,4)35-25-17-8-6-5-7-16(17)24(32)29(21)25/h5-11,14,20-21,25H,12-13H2,1-4H3,(H,27,30)(H,28,31). The largest absolute Gasteiger partial charge is 0.454 e. The maximum absolute atomic E-state index is 13.6. The summed E-state index contributed by atoms with van der Waals surface area (Å²) < 4.78 is 10.2. The lowest BCUT2D eigenvalue weighted by Crippen LogP contribution is -2.58. The Bertz CT molecular complexity index is 1200. The van der Waals surface area contributed by atoms with Gasteiger partial charge in [0.15, 0.2) is 11.5 Å². The highest BCUT2D eigenvalue weighted by molar-refractivity contribution is 8.01. The van der Waals surface area contributed by atoms with Gasteiger partial charge in [-0.15, -0.1) is 11.8 Å². The van der Waals surface area contributed by atoms with Crippen LogP contribution in [0.3, 0.4) is 0 Å².